The number of ether oxygens (including phenoxy) is 1. The number of hydrogen-bond donors (Lipinski definition) is 4. The Hall–Kier alpha value is -4.22. The van der Waals surface area contributed by atoms with Crippen LogP contribution in [0, 0.1) is 11.6 Å². The molecule has 1 unspecified atom stereocenters. The van der Waals surface area contributed by atoms with Crippen molar-refractivity contribution in [3.63, 3.8) is 0 Å². The van der Waals surface area contributed by atoms with Gasteiger partial charge in [-0.15, -0.1) is 0 Å². The quantitative estimate of drug-likeness (QED) is 0.232. The lowest BCUT2D eigenvalue weighted by molar-refractivity contribution is 0.0980. The third kappa shape index (κ3) is 4.91. The van der Waals surface area contributed by atoms with Gasteiger partial charge in [0.15, 0.2) is 17.4 Å². The summed E-state index contributed by atoms with van der Waals surface area (Å²) in [7, 11) is -3.49. The van der Waals surface area contributed by atoms with Gasteiger partial charge >= 0.3 is 0 Å². The molecule has 0 saturated heterocycles. The van der Waals surface area contributed by atoms with Gasteiger partial charge in [-0.2, -0.15) is 0 Å². The van der Waals surface area contributed by atoms with Crippen molar-refractivity contribution in [1.29, 1.82) is 0 Å². The molecule has 2 aromatic heterocycles. The Morgan fingerprint density at radius 1 is 1.08 bits per heavy atom. The van der Waals surface area contributed by atoms with Crippen molar-refractivity contribution in [1.82, 2.24) is 15.0 Å². The molecule has 11 heteroatoms. The van der Waals surface area contributed by atoms with Gasteiger partial charge in [0.05, 0.1) is 23.7 Å². The molecule has 1 atom stereocenters. The largest absolute Gasteiger partial charge is 0.451 e. The van der Waals surface area contributed by atoms with Crippen molar-refractivity contribution in [2.24, 2.45) is 0 Å². The van der Waals surface area contributed by atoms with Crippen molar-refractivity contribution in [3.8, 4) is 22.9 Å². The first-order valence-electron chi connectivity index (χ1n) is 11.1. The average molecular weight is 525 g/mol. The zero-order valence-electron chi connectivity index (χ0n) is 19.7. The van der Waals surface area contributed by atoms with Crippen molar-refractivity contribution in [2.75, 3.05) is 11.0 Å². The van der Waals surface area contributed by atoms with Crippen molar-refractivity contribution in [3.05, 3.63) is 95.9 Å². The molecule has 0 amide bonds. The minimum atomic E-state index is -3.49. The number of rotatable bonds is 7. The number of halogens is 2. The Morgan fingerprint density at radius 3 is 2.65 bits per heavy atom. The van der Waals surface area contributed by atoms with E-state index in [0.717, 1.165) is 6.26 Å². The number of benzene rings is 3. The van der Waals surface area contributed by atoms with Crippen LogP contribution in [0.4, 0.5) is 14.5 Å². The van der Waals surface area contributed by atoms with Crippen molar-refractivity contribution in [2.45, 2.75) is 12.5 Å². The average Bonchev–Trinajstić information content (AvgIpc) is 3.52. The predicted octanol–water partition coefficient (Wildman–Crippen LogP) is 5.26. The summed E-state index contributed by atoms with van der Waals surface area (Å²) < 4.78 is 60.4. The highest BCUT2D eigenvalue weighted by atomic mass is 32.2. The lowest BCUT2D eigenvalue weighted by Gasteiger charge is -2.23. The number of anilines is 1. The number of aromatic amines is 2. The minimum Gasteiger partial charge on any atom is -0.451 e. The Kier molecular flexibility index (Phi) is 5.97. The maximum absolute atomic E-state index is 14.8. The number of nitrogens with zero attached hydrogens (tertiary/aromatic N) is 1. The number of sulfonamides is 1. The van der Waals surface area contributed by atoms with Gasteiger partial charge in [0.25, 0.3) is 0 Å². The van der Waals surface area contributed by atoms with E-state index < -0.39 is 33.0 Å². The summed E-state index contributed by atoms with van der Waals surface area (Å²) >= 11 is 0. The number of imidazole rings is 1. The summed E-state index contributed by atoms with van der Waals surface area (Å²) in [4.78, 5) is 10.2. The van der Waals surface area contributed by atoms with E-state index in [9.17, 15) is 22.3 Å². The van der Waals surface area contributed by atoms with Gasteiger partial charge in [0.1, 0.15) is 17.2 Å². The summed E-state index contributed by atoms with van der Waals surface area (Å²) in [5, 5.41) is 11.5. The van der Waals surface area contributed by atoms with Gasteiger partial charge in [-0.05, 0) is 42.8 Å². The van der Waals surface area contributed by atoms with E-state index in [2.05, 4.69) is 19.7 Å². The maximum atomic E-state index is 14.8. The molecule has 0 aliphatic heterocycles. The lowest BCUT2D eigenvalue weighted by Crippen LogP contribution is -2.23. The second kappa shape index (κ2) is 9.02. The van der Waals surface area contributed by atoms with E-state index in [1.54, 1.807) is 49.4 Å². The van der Waals surface area contributed by atoms with E-state index in [4.69, 9.17) is 4.74 Å². The smallest absolute Gasteiger partial charge is 0.229 e. The van der Waals surface area contributed by atoms with Crippen LogP contribution in [0.25, 0.3) is 22.3 Å². The fraction of sp³-hybridized carbons (Fsp3) is 0.115. The van der Waals surface area contributed by atoms with Crippen LogP contribution in [-0.2, 0) is 15.6 Å². The van der Waals surface area contributed by atoms with Crippen LogP contribution < -0.4 is 9.46 Å². The molecular weight excluding hydrogens is 502 g/mol. The molecule has 3 aromatic carbocycles. The van der Waals surface area contributed by atoms with Gasteiger partial charge in [0.2, 0.25) is 10.0 Å². The monoisotopic (exact) mass is 524 g/mol. The predicted molar refractivity (Wildman–Crippen MR) is 136 cm³/mol. The summed E-state index contributed by atoms with van der Waals surface area (Å²) in [6, 6.07) is 15.5. The highest BCUT2D eigenvalue weighted by molar-refractivity contribution is 7.92. The van der Waals surface area contributed by atoms with Gasteiger partial charge in [-0.1, -0.05) is 24.3 Å². The first-order valence-corrected chi connectivity index (χ1v) is 13.0. The molecule has 5 aromatic rings. The molecule has 0 saturated carbocycles. The van der Waals surface area contributed by atoms with Crippen LogP contribution in [0.5, 0.6) is 11.5 Å². The molecular formula is C26H22F2N4O4S. The summed E-state index contributed by atoms with van der Waals surface area (Å²) in [6.07, 6.45) is 4.01. The van der Waals surface area contributed by atoms with E-state index in [0.29, 0.717) is 33.8 Å². The van der Waals surface area contributed by atoms with Crippen molar-refractivity contribution < 1.29 is 27.0 Å². The zero-order valence-corrected chi connectivity index (χ0v) is 20.5. The maximum Gasteiger partial charge on any atom is 0.229 e. The SMILES string of the molecule is CC(O)(c1cccc(NS(C)(=O)=O)c1)c1cnc(-c2cccc(Oc3c(F)cc4[nH]ccc4c3F)c2)[nH]1. The number of fused-ring (bicyclic) bond motifs is 1. The molecule has 190 valence electrons. The Balaban J connectivity index is 1.43. The molecule has 0 radical (unpaired) electrons. The number of aliphatic hydroxyl groups is 1. The highest BCUT2D eigenvalue weighted by Crippen LogP contribution is 2.35. The number of H-pyrrole nitrogens is 2. The summed E-state index contributed by atoms with van der Waals surface area (Å²) in [5.74, 6) is -1.61. The second-order valence-electron chi connectivity index (χ2n) is 8.74. The van der Waals surface area contributed by atoms with E-state index >= 15 is 0 Å². The molecule has 0 fully saturated rings. The zero-order chi connectivity index (χ0) is 26.4. The van der Waals surface area contributed by atoms with Crippen LogP contribution in [0.1, 0.15) is 18.2 Å². The molecule has 0 aliphatic carbocycles. The van der Waals surface area contributed by atoms with E-state index in [1.807, 2.05) is 0 Å². The lowest BCUT2D eigenvalue weighted by atomic mass is 9.93. The van der Waals surface area contributed by atoms with E-state index in [-0.39, 0.29) is 11.1 Å². The Labute approximate surface area is 211 Å². The fourth-order valence-corrected chi connectivity index (χ4v) is 4.56. The van der Waals surface area contributed by atoms with E-state index in [1.165, 1.54) is 30.6 Å². The molecule has 0 spiro atoms. The fourth-order valence-electron chi connectivity index (χ4n) is 4.00. The van der Waals surface area contributed by atoms with Crippen LogP contribution in [0.2, 0.25) is 0 Å². The molecule has 5 rings (SSSR count). The third-order valence-corrected chi connectivity index (χ3v) is 6.46. The molecule has 37 heavy (non-hydrogen) atoms. The molecule has 8 nitrogen and oxygen atoms in total. The highest BCUT2D eigenvalue weighted by Gasteiger charge is 2.28. The van der Waals surface area contributed by atoms with Gasteiger partial charge in [-0.25, -0.2) is 22.2 Å². The normalized spacial score (nSPS) is 13.4. The summed E-state index contributed by atoms with van der Waals surface area (Å²) in [6.45, 7) is 1.55. The molecule has 0 bridgehead atoms. The van der Waals surface area contributed by atoms with Crippen LogP contribution >= 0.6 is 0 Å². The molecule has 0 aliphatic rings. The molecule has 2 heterocycles. The standard InChI is InChI=1S/C26H22F2N4O4S/c1-26(33,16-6-4-7-17(12-16)32-37(2,34)35)22-14-30-25(31-22)15-5-3-8-18(11-15)36-24-20(27)13-21-19(23(24)28)9-10-29-21/h3-14,29,32-33H,1-2H3,(H,30,31). The van der Waals surface area contributed by atoms with Gasteiger partial charge in [-0.3, -0.25) is 4.72 Å². The molecule has 4 N–H and O–H groups in total. The minimum absolute atomic E-state index is 0.189. The third-order valence-electron chi connectivity index (χ3n) is 5.86. The van der Waals surface area contributed by atoms with Gasteiger partial charge < -0.3 is 19.8 Å². The van der Waals surface area contributed by atoms with Crippen LogP contribution in [-0.4, -0.2) is 34.7 Å². The number of nitrogens with one attached hydrogen (secondary N) is 3. The van der Waals surface area contributed by atoms with Crippen molar-refractivity contribution >= 4 is 26.6 Å². The second-order valence-corrected chi connectivity index (χ2v) is 10.5. The Bertz CT molecular complexity index is 1730. The van der Waals surface area contributed by atoms with Crippen LogP contribution in [0.3, 0.4) is 0 Å². The number of hydrogen-bond acceptors (Lipinski definition) is 5. The Morgan fingerprint density at radius 2 is 1.86 bits per heavy atom. The van der Waals surface area contributed by atoms with Gasteiger partial charge in [0, 0.05) is 28.9 Å². The summed E-state index contributed by atoms with van der Waals surface area (Å²) in [5.41, 5.74) is 0.425. The van der Waals surface area contributed by atoms with Crippen LogP contribution in [0.15, 0.2) is 73.1 Å². The first-order chi connectivity index (χ1) is 17.5. The first kappa shape index (κ1) is 24.5. The number of aromatic nitrogens is 3. The topological polar surface area (TPSA) is 120 Å².